The normalized spacial score (nSPS) is 15.9. The van der Waals surface area contributed by atoms with Crippen LogP contribution in [0, 0.1) is 13.8 Å². The Morgan fingerprint density at radius 2 is 1.00 bits per heavy atom. The highest BCUT2D eigenvalue weighted by atomic mass is 14.2. The van der Waals surface area contributed by atoms with Gasteiger partial charge < -0.3 is 0 Å². The monoisotopic (exact) mass is 276 g/mol. The van der Waals surface area contributed by atoms with E-state index in [-0.39, 0.29) is 0 Å². The maximum Gasteiger partial charge on any atom is -0.0192 e. The van der Waals surface area contributed by atoms with Crippen molar-refractivity contribution in [2.24, 2.45) is 0 Å². The lowest BCUT2D eigenvalue weighted by Gasteiger charge is -2.17. The summed E-state index contributed by atoms with van der Waals surface area (Å²) in [6, 6.07) is 17.7. The van der Waals surface area contributed by atoms with Gasteiger partial charge in [0.1, 0.15) is 0 Å². The van der Waals surface area contributed by atoms with Gasteiger partial charge in [-0.3, -0.25) is 0 Å². The van der Waals surface area contributed by atoms with Gasteiger partial charge in [-0.05, 0) is 72.9 Å². The van der Waals surface area contributed by atoms with E-state index in [1.165, 1.54) is 54.4 Å². The standard InChI is InChI=1S/C21H24/c1-16-10-6-8-12-18(16)20-14-4-3-5-15-21(20)19-13-9-7-11-17(19)2/h6-13H,3-5,14-15H2,1-2H3. The Hall–Kier alpha value is -1.82. The highest BCUT2D eigenvalue weighted by Gasteiger charge is 2.16. The molecule has 0 bridgehead atoms. The van der Waals surface area contributed by atoms with Crippen LogP contribution in [-0.4, -0.2) is 0 Å². The summed E-state index contributed by atoms with van der Waals surface area (Å²) in [5.74, 6) is 0. The third kappa shape index (κ3) is 2.95. The molecule has 0 heteroatoms. The van der Waals surface area contributed by atoms with Gasteiger partial charge in [-0.1, -0.05) is 55.0 Å². The van der Waals surface area contributed by atoms with E-state index >= 15 is 0 Å². The number of rotatable bonds is 2. The number of benzene rings is 2. The van der Waals surface area contributed by atoms with Crippen LogP contribution in [0.4, 0.5) is 0 Å². The van der Waals surface area contributed by atoms with E-state index < -0.39 is 0 Å². The Morgan fingerprint density at radius 1 is 0.571 bits per heavy atom. The van der Waals surface area contributed by atoms with E-state index in [2.05, 4.69) is 62.4 Å². The maximum absolute atomic E-state index is 2.30. The quantitative estimate of drug-likeness (QED) is 0.614. The molecule has 0 amide bonds. The van der Waals surface area contributed by atoms with Crippen LogP contribution >= 0.6 is 0 Å². The topological polar surface area (TPSA) is 0 Å². The van der Waals surface area contributed by atoms with Gasteiger partial charge in [0.05, 0.1) is 0 Å². The molecule has 108 valence electrons. The molecule has 0 aliphatic heterocycles. The van der Waals surface area contributed by atoms with Crippen molar-refractivity contribution in [3.05, 3.63) is 70.8 Å². The third-order valence-corrected chi connectivity index (χ3v) is 4.66. The summed E-state index contributed by atoms with van der Waals surface area (Å²) in [7, 11) is 0. The molecule has 2 aromatic rings. The van der Waals surface area contributed by atoms with Crippen LogP contribution in [0.3, 0.4) is 0 Å². The molecule has 0 fully saturated rings. The van der Waals surface area contributed by atoms with Gasteiger partial charge in [-0.2, -0.15) is 0 Å². The summed E-state index contributed by atoms with van der Waals surface area (Å²) < 4.78 is 0. The summed E-state index contributed by atoms with van der Waals surface area (Å²) in [5.41, 5.74) is 8.89. The predicted molar refractivity (Wildman–Crippen MR) is 92.3 cm³/mol. The summed E-state index contributed by atoms with van der Waals surface area (Å²) in [5, 5.41) is 0. The number of hydrogen-bond acceptors (Lipinski definition) is 0. The highest BCUT2D eigenvalue weighted by Crippen LogP contribution is 2.38. The lowest BCUT2D eigenvalue weighted by Crippen LogP contribution is -1.95. The minimum atomic E-state index is 1.22. The first-order valence-corrected chi connectivity index (χ1v) is 8.11. The Morgan fingerprint density at radius 3 is 1.43 bits per heavy atom. The molecule has 0 radical (unpaired) electrons. The number of aryl methyl sites for hydroxylation is 2. The van der Waals surface area contributed by atoms with Crippen LogP contribution in [0.1, 0.15) is 54.4 Å². The van der Waals surface area contributed by atoms with Gasteiger partial charge in [0.2, 0.25) is 0 Å². The molecule has 21 heavy (non-hydrogen) atoms. The fourth-order valence-corrected chi connectivity index (χ4v) is 3.50. The molecule has 0 atom stereocenters. The zero-order valence-corrected chi connectivity index (χ0v) is 13.2. The smallest absolute Gasteiger partial charge is 0.0192 e. The average molecular weight is 276 g/mol. The van der Waals surface area contributed by atoms with Crippen LogP contribution in [0.5, 0.6) is 0 Å². The summed E-state index contributed by atoms with van der Waals surface area (Å²) in [4.78, 5) is 0. The minimum absolute atomic E-state index is 1.22. The molecule has 3 rings (SSSR count). The molecule has 0 saturated carbocycles. The van der Waals surface area contributed by atoms with Gasteiger partial charge in [-0.25, -0.2) is 0 Å². The molecule has 0 unspecified atom stereocenters. The van der Waals surface area contributed by atoms with Crippen molar-refractivity contribution in [1.82, 2.24) is 0 Å². The highest BCUT2D eigenvalue weighted by molar-refractivity contribution is 5.92. The second-order valence-corrected chi connectivity index (χ2v) is 6.15. The first kappa shape index (κ1) is 14.1. The van der Waals surface area contributed by atoms with E-state index in [0.29, 0.717) is 0 Å². The molecule has 0 aromatic heterocycles. The minimum Gasteiger partial charge on any atom is -0.0620 e. The zero-order valence-electron chi connectivity index (χ0n) is 13.2. The molecular weight excluding hydrogens is 252 g/mol. The Labute approximate surface area is 128 Å². The molecule has 0 saturated heterocycles. The fourth-order valence-electron chi connectivity index (χ4n) is 3.50. The largest absolute Gasteiger partial charge is 0.0620 e. The zero-order chi connectivity index (χ0) is 14.7. The van der Waals surface area contributed by atoms with Gasteiger partial charge in [0.15, 0.2) is 0 Å². The van der Waals surface area contributed by atoms with Crippen molar-refractivity contribution in [3.8, 4) is 0 Å². The number of hydrogen-bond donors (Lipinski definition) is 0. The van der Waals surface area contributed by atoms with Crippen molar-refractivity contribution >= 4 is 11.1 Å². The molecule has 0 nitrogen and oxygen atoms in total. The van der Waals surface area contributed by atoms with Gasteiger partial charge >= 0.3 is 0 Å². The van der Waals surface area contributed by atoms with Crippen LogP contribution in [0.2, 0.25) is 0 Å². The van der Waals surface area contributed by atoms with Crippen LogP contribution < -0.4 is 0 Å². The van der Waals surface area contributed by atoms with E-state index in [1.807, 2.05) is 0 Å². The second kappa shape index (κ2) is 6.30. The van der Waals surface area contributed by atoms with Gasteiger partial charge in [-0.15, -0.1) is 0 Å². The summed E-state index contributed by atoms with van der Waals surface area (Å²) >= 11 is 0. The second-order valence-electron chi connectivity index (χ2n) is 6.15. The first-order valence-electron chi connectivity index (χ1n) is 8.11. The van der Waals surface area contributed by atoms with E-state index in [1.54, 1.807) is 11.1 Å². The molecule has 0 N–H and O–H groups in total. The molecule has 1 aliphatic rings. The Balaban J connectivity index is 2.19. The molecule has 2 aromatic carbocycles. The molecule has 0 spiro atoms. The Kier molecular flexibility index (Phi) is 4.24. The van der Waals surface area contributed by atoms with Crippen LogP contribution in [0.25, 0.3) is 11.1 Å². The van der Waals surface area contributed by atoms with Crippen molar-refractivity contribution in [1.29, 1.82) is 0 Å². The Bertz CT molecular complexity index is 604. The summed E-state index contributed by atoms with van der Waals surface area (Å²) in [6.07, 6.45) is 6.42. The van der Waals surface area contributed by atoms with Crippen LogP contribution in [0.15, 0.2) is 48.5 Å². The predicted octanol–water partition coefficient (Wildman–Crippen LogP) is 6.18. The van der Waals surface area contributed by atoms with E-state index in [4.69, 9.17) is 0 Å². The number of allylic oxidation sites excluding steroid dienone is 2. The van der Waals surface area contributed by atoms with Crippen molar-refractivity contribution in [2.75, 3.05) is 0 Å². The van der Waals surface area contributed by atoms with Crippen LogP contribution in [-0.2, 0) is 0 Å². The van der Waals surface area contributed by atoms with Crippen molar-refractivity contribution < 1.29 is 0 Å². The third-order valence-electron chi connectivity index (χ3n) is 4.66. The molecular formula is C21H24. The lowest BCUT2D eigenvalue weighted by molar-refractivity contribution is 0.723. The first-order chi connectivity index (χ1) is 10.3. The van der Waals surface area contributed by atoms with E-state index in [0.717, 1.165) is 0 Å². The maximum atomic E-state index is 2.30. The molecule has 1 aliphatic carbocycles. The van der Waals surface area contributed by atoms with E-state index in [9.17, 15) is 0 Å². The summed E-state index contributed by atoms with van der Waals surface area (Å²) in [6.45, 7) is 4.48. The van der Waals surface area contributed by atoms with Crippen molar-refractivity contribution in [2.45, 2.75) is 46.0 Å². The fraction of sp³-hybridized carbons (Fsp3) is 0.333. The van der Waals surface area contributed by atoms with Crippen molar-refractivity contribution in [3.63, 3.8) is 0 Å². The SMILES string of the molecule is Cc1ccccc1C1=C(c2ccccc2C)CCCCC1. The van der Waals surface area contributed by atoms with Gasteiger partial charge in [0, 0.05) is 0 Å². The average Bonchev–Trinajstić information content (AvgIpc) is 2.74. The lowest BCUT2D eigenvalue weighted by atomic mass is 9.88. The molecule has 0 heterocycles. The van der Waals surface area contributed by atoms with Gasteiger partial charge in [0.25, 0.3) is 0 Å².